The number of benzene rings is 1. The Balaban J connectivity index is 1.93. The van der Waals surface area contributed by atoms with Crippen LogP contribution >= 0.6 is 0 Å². The van der Waals surface area contributed by atoms with E-state index in [0.717, 1.165) is 51.3 Å². The average molecular weight is 400 g/mol. The van der Waals surface area contributed by atoms with Crippen molar-refractivity contribution in [2.75, 3.05) is 39.4 Å². The molecule has 0 saturated carbocycles. The van der Waals surface area contributed by atoms with Crippen molar-refractivity contribution in [1.29, 1.82) is 0 Å². The van der Waals surface area contributed by atoms with Crippen LogP contribution in [-0.2, 0) is 10.9 Å². The molecule has 4 nitrogen and oxygen atoms in total. The van der Waals surface area contributed by atoms with Gasteiger partial charge < -0.3 is 15.0 Å². The lowest BCUT2D eigenvalue weighted by Crippen LogP contribution is -2.40. The van der Waals surface area contributed by atoms with E-state index in [1.54, 1.807) is 6.07 Å². The second-order valence-electron chi connectivity index (χ2n) is 7.31. The highest BCUT2D eigenvalue weighted by Gasteiger charge is 2.30. The number of aliphatic imine (C=N–C) groups is 1. The summed E-state index contributed by atoms with van der Waals surface area (Å²) in [5.74, 6) is 1.42. The number of rotatable bonds is 8. The number of hydrogen-bond acceptors (Lipinski definition) is 2. The SMILES string of the molecule is CCNC(=NCCC(C)c1cccc(C(F)(F)F)c1)N1CCC(COCC)C1. The van der Waals surface area contributed by atoms with Crippen LogP contribution in [0.15, 0.2) is 29.3 Å². The van der Waals surface area contributed by atoms with Crippen LogP contribution in [0.3, 0.4) is 0 Å². The molecular weight excluding hydrogens is 367 g/mol. The minimum atomic E-state index is -4.31. The van der Waals surface area contributed by atoms with Gasteiger partial charge in [-0.3, -0.25) is 4.99 Å². The molecule has 7 heteroatoms. The third-order valence-electron chi connectivity index (χ3n) is 5.08. The van der Waals surface area contributed by atoms with Crippen molar-refractivity contribution in [3.05, 3.63) is 35.4 Å². The Labute approximate surface area is 166 Å². The van der Waals surface area contributed by atoms with Crippen molar-refractivity contribution in [1.82, 2.24) is 10.2 Å². The van der Waals surface area contributed by atoms with Crippen LogP contribution in [0.5, 0.6) is 0 Å². The van der Waals surface area contributed by atoms with Gasteiger partial charge in [-0.25, -0.2) is 0 Å². The average Bonchev–Trinajstić information content (AvgIpc) is 3.14. The minimum Gasteiger partial charge on any atom is -0.381 e. The summed E-state index contributed by atoms with van der Waals surface area (Å²) < 4.78 is 44.3. The van der Waals surface area contributed by atoms with E-state index in [9.17, 15) is 13.2 Å². The maximum atomic E-state index is 12.9. The second kappa shape index (κ2) is 10.7. The van der Waals surface area contributed by atoms with Gasteiger partial charge in [0.2, 0.25) is 0 Å². The fraction of sp³-hybridized carbons (Fsp3) is 0.667. The van der Waals surface area contributed by atoms with Gasteiger partial charge in [-0.05, 0) is 44.2 Å². The first-order chi connectivity index (χ1) is 13.3. The largest absolute Gasteiger partial charge is 0.416 e. The van der Waals surface area contributed by atoms with E-state index in [0.29, 0.717) is 24.4 Å². The predicted octanol–water partition coefficient (Wildman–Crippen LogP) is 4.52. The maximum absolute atomic E-state index is 12.9. The topological polar surface area (TPSA) is 36.9 Å². The van der Waals surface area contributed by atoms with Crippen molar-refractivity contribution >= 4 is 5.96 Å². The molecule has 2 unspecified atom stereocenters. The van der Waals surface area contributed by atoms with E-state index >= 15 is 0 Å². The maximum Gasteiger partial charge on any atom is 0.416 e. The third kappa shape index (κ3) is 6.69. The zero-order valence-corrected chi connectivity index (χ0v) is 17.1. The quantitative estimate of drug-likeness (QED) is 0.516. The molecule has 2 atom stereocenters. The first kappa shape index (κ1) is 22.5. The monoisotopic (exact) mass is 399 g/mol. The zero-order chi connectivity index (χ0) is 20.6. The van der Waals surface area contributed by atoms with Crippen LogP contribution in [0.2, 0.25) is 0 Å². The van der Waals surface area contributed by atoms with Crippen LogP contribution in [0.4, 0.5) is 13.2 Å². The first-order valence-electron chi connectivity index (χ1n) is 10.1. The molecule has 1 N–H and O–H groups in total. The lowest BCUT2D eigenvalue weighted by atomic mass is 9.96. The molecule has 158 valence electrons. The minimum absolute atomic E-state index is 0.0122. The molecule has 28 heavy (non-hydrogen) atoms. The number of guanidine groups is 1. The third-order valence-corrected chi connectivity index (χ3v) is 5.08. The molecule has 2 rings (SSSR count). The second-order valence-corrected chi connectivity index (χ2v) is 7.31. The number of nitrogens with one attached hydrogen (secondary N) is 1. The van der Waals surface area contributed by atoms with Crippen LogP contribution in [0, 0.1) is 5.92 Å². The van der Waals surface area contributed by atoms with E-state index < -0.39 is 11.7 Å². The van der Waals surface area contributed by atoms with Gasteiger partial charge in [-0.15, -0.1) is 0 Å². The number of halogens is 3. The van der Waals surface area contributed by atoms with Crippen LogP contribution in [0.25, 0.3) is 0 Å². The summed E-state index contributed by atoms with van der Waals surface area (Å²) in [6, 6.07) is 5.60. The Morgan fingerprint density at radius 3 is 2.82 bits per heavy atom. The Hall–Kier alpha value is -1.76. The van der Waals surface area contributed by atoms with Crippen molar-refractivity contribution < 1.29 is 17.9 Å². The smallest absolute Gasteiger partial charge is 0.381 e. The number of nitrogens with zero attached hydrogens (tertiary/aromatic N) is 2. The summed E-state index contributed by atoms with van der Waals surface area (Å²) >= 11 is 0. The number of ether oxygens (including phenoxy) is 1. The van der Waals surface area contributed by atoms with Crippen molar-refractivity contribution in [2.45, 2.75) is 45.7 Å². The van der Waals surface area contributed by atoms with Crippen molar-refractivity contribution in [2.24, 2.45) is 10.9 Å². The zero-order valence-electron chi connectivity index (χ0n) is 17.1. The summed E-state index contributed by atoms with van der Waals surface area (Å²) in [5, 5.41) is 3.33. The highest BCUT2D eigenvalue weighted by Crippen LogP contribution is 2.31. The highest BCUT2D eigenvalue weighted by molar-refractivity contribution is 5.80. The molecule has 0 bridgehead atoms. The van der Waals surface area contributed by atoms with Gasteiger partial charge in [0.25, 0.3) is 0 Å². The molecule has 0 spiro atoms. The summed E-state index contributed by atoms with van der Waals surface area (Å²) in [6.45, 7) is 10.7. The molecule has 1 aliphatic rings. The molecule has 1 aromatic rings. The van der Waals surface area contributed by atoms with Gasteiger partial charge >= 0.3 is 6.18 Å². The summed E-state index contributed by atoms with van der Waals surface area (Å²) in [7, 11) is 0. The van der Waals surface area contributed by atoms with Crippen LogP contribution in [-0.4, -0.2) is 50.3 Å². The molecule has 1 saturated heterocycles. The standard InChI is InChI=1S/C21H32F3N3O/c1-4-25-20(27-12-10-17(14-27)15-28-5-2)26-11-9-16(3)18-7-6-8-19(13-18)21(22,23)24/h6-8,13,16-17H,4-5,9-12,14-15H2,1-3H3,(H,25,26). The predicted molar refractivity (Wildman–Crippen MR) is 107 cm³/mol. The van der Waals surface area contributed by atoms with Gasteiger partial charge in [0.15, 0.2) is 5.96 Å². The Kier molecular flexibility index (Phi) is 8.60. The number of hydrogen-bond donors (Lipinski definition) is 1. The van der Waals surface area contributed by atoms with Gasteiger partial charge in [0.1, 0.15) is 0 Å². The molecule has 0 aliphatic carbocycles. The Morgan fingerprint density at radius 1 is 1.36 bits per heavy atom. The fourth-order valence-electron chi connectivity index (χ4n) is 3.42. The van der Waals surface area contributed by atoms with E-state index in [2.05, 4.69) is 10.2 Å². The van der Waals surface area contributed by atoms with E-state index in [1.165, 1.54) is 12.1 Å². The van der Waals surface area contributed by atoms with Crippen LogP contribution < -0.4 is 5.32 Å². The van der Waals surface area contributed by atoms with Gasteiger partial charge in [0.05, 0.1) is 12.2 Å². The first-order valence-corrected chi connectivity index (χ1v) is 10.1. The van der Waals surface area contributed by atoms with Gasteiger partial charge in [-0.2, -0.15) is 13.2 Å². The fourth-order valence-corrected chi connectivity index (χ4v) is 3.42. The Bertz CT molecular complexity index is 634. The Morgan fingerprint density at radius 2 is 2.14 bits per heavy atom. The van der Waals surface area contributed by atoms with Gasteiger partial charge in [0, 0.05) is 38.7 Å². The molecule has 1 heterocycles. The molecule has 0 aromatic heterocycles. The van der Waals surface area contributed by atoms with Crippen molar-refractivity contribution in [3.8, 4) is 0 Å². The molecule has 1 aliphatic heterocycles. The highest BCUT2D eigenvalue weighted by atomic mass is 19.4. The lowest BCUT2D eigenvalue weighted by Gasteiger charge is -2.22. The normalized spacial score (nSPS) is 19.1. The molecule has 0 amide bonds. The van der Waals surface area contributed by atoms with Gasteiger partial charge in [-0.1, -0.05) is 25.1 Å². The summed E-state index contributed by atoms with van der Waals surface area (Å²) in [5.41, 5.74) is 0.110. The molecule has 1 fully saturated rings. The van der Waals surface area contributed by atoms with Crippen LogP contribution in [0.1, 0.15) is 50.7 Å². The summed E-state index contributed by atoms with van der Waals surface area (Å²) in [6.07, 6.45) is -2.52. The number of likely N-dealkylation sites (tertiary alicyclic amines) is 1. The molecular formula is C21H32F3N3O. The van der Waals surface area contributed by atoms with Crippen molar-refractivity contribution in [3.63, 3.8) is 0 Å². The molecule has 0 radical (unpaired) electrons. The molecule has 1 aromatic carbocycles. The number of alkyl halides is 3. The lowest BCUT2D eigenvalue weighted by molar-refractivity contribution is -0.137. The summed E-state index contributed by atoms with van der Waals surface area (Å²) in [4.78, 5) is 6.97. The van der Waals surface area contributed by atoms with E-state index in [-0.39, 0.29) is 5.92 Å². The van der Waals surface area contributed by atoms with E-state index in [1.807, 2.05) is 20.8 Å². The van der Waals surface area contributed by atoms with E-state index in [4.69, 9.17) is 9.73 Å².